The number of carbonyl (C=O) groups excluding carboxylic acids is 1. The van der Waals surface area contributed by atoms with E-state index in [1.165, 1.54) is 12.1 Å². The average molecular weight is 350 g/mol. The first kappa shape index (κ1) is 15.7. The van der Waals surface area contributed by atoms with E-state index in [9.17, 15) is 9.18 Å². The summed E-state index contributed by atoms with van der Waals surface area (Å²) in [6.45, 7) is 4.83. The van der Waals surface area contributed by atoms with Crippen molar-refractivity contribution in [3.63, 3.8) is 0 Å². The van der Waals surface area contributed by atoms with Crippen LogP contribution in [0, 0.1) is 12.7 Å². The van der Waals surface area contributed by atoms with Crippen LogP contribution < -0.4 is 0 Å². The van der Waals surface area contributed by atoms with Crippen LogP contribution in [0.1, 0.15) is 28.4 Å². The van der Waals surface area contributed by atoms with Crippen LogP contribution in [0.4, 0.5) is 4.39 Å². The highest BCUT2D eigenvalue weighted by atomic mass is 79.9. The van der Waals surface area contributed by atoms with Gasteiger partial charge in [-0.25, -0.2) is 4.39 Å². The standard InChI is InChI=1S/C17H17BrFNO/c1-3-20(11-13-5-4-6-14(19)10-13)17(21)15-9-12(2)7-8-16(15)18/h4-10H,3,11H2,1-2H3. The minimum atomic E-state index is -0.285. The van der Waals surface area contributed by atoms with Crippen LogP contribution in [-0.2, 0) is 6.54 Å². The minimum absolute atomic E-state index is 0.0580. The molecule has 2 rings (SSSR count). The molecule has 0 aliphatic heterocycles. The van der Waals surface area contributed by atoms with Gasteiger partial charge in [0.1, 0.15) is 5.82 Å². The number of rotatable bonds is 4. The zero-order valence-corrected chi connectivity index (χ0v) is 13.7. The Labute approximate surface area is 132 Å². The van der Waals surface area contributed by atoms with Gasteiger partial charge in [-0.2, -0.15) is 0 Å². The van der Waals surface area contributed by atoms with E-state index in [1.807, 2.05) is 38.1 Å². The maximum absolute atomic E-state index is 13.3. The molecule has 0 atom stereocenters. The van der Waals surface area contributed by atoms with Crippen molar-refractivity contribution in [2.75, 3.05) is 6.54 Å². The number of nitrogens with zero attached hydrogens (tertiary/aromatic N) is 1. The predicted molar refractivity (Wildman–Crippen MR) is 85.7 cm³/mol. The van der Waals surface area contributed by atoms with Crippen molar-refractivity contribution in [3.8, 4) is 0 Å². The number of carbonyl (C=O) groups is 1. The van der Waals surface area contributed by atoms with Crippen molar-refractivity contribution >= 4 is 21.8 Å². The first-order chi connectivity index (χ1) is 10.0. The van der Waals surface area contributed by atoms with Crippen LogP contribution in [-0.4, -0.2) is 17.4 Å². The largest absolute Gasteiger partial charge is 0.335 e. The molecule has 0 fully saturated rings. The lowest BCUT2D eigenvalue weighted by Crippen LogP contribution is -2.30. The Bertz CT molecular complexity index is 657. The van der Waals surface area contributed by atoms with Gasteiger partial charge in [-0.15, -0.1) is 0 Å². The van der Waals surface area contributed by atoms with Gasteiger partial charge in [0.05, 0.1) is 5.56 Å². The summed E-state index contributed by atoms with van der Waals surface area (Å²) in [6.07, 6.45) is 0. The summed E-state index contributed by atoms with van der Waals surface area (Å²) in [5, 5.41) is 0. The summed E-state index contributed by atoms with van der Waals surface area (Å²) in [7, 11) is 0. The monoisotopic (exact) mass is 349 g/mol. The molecule has 0 N–H and O–H groups in total. The van der Waals surface area contributed by atoms with Crippen molar-refractivity contribution in [3.05, 3.63) is 69.4 Å². The SMILES string of the molecule is CCN(Cc1cccc(F)c1)C(=O)c1cc(C)ccc1Br. The lowest BCUT2D eigenvalue weighted by molar-refractivity contribution is 0.0751. The van der Waals surface area contributed by atoms with Crippen molar-refractivity contribution in [2.24, 2.45) is 0 Å². The van der Waals surface area contributed by atoms with Gasteiger partial charge in [0, 0.05) is 17.6 Å². The van der Waals surface area contributed by atoms with Crippen LogP contribution in [0.5, 0.6) is 0 Å². The normalized spacial score (nSPS) is 10.5. The van der Waals surface area contributed by atoms with Crippen LogP contribution in [0.3, 0.4) is 0 Å². The molecular weight excluding hydrogens is 333 g/mol. The molecule has 0 unspecified atom stereocenters. The fraction of sp³-hybridized carbons (Fsp3) is 0.235. The molecule has 0 aliphatic rings. The summed E-state index contributed by atoms with van der Waals surface area (Å²) in [4.78, 5) is 14.3. The van der Waals surface area contributed by atoms with Gasteiger partial charge < -0.3 is 4.90 Å². The first-order valence-corrected chi connectivity index (χ1v) is 7.60. The lowest BCUT2D eigenvalue weighted by atomic mass is 10.1. The Morgan fingerprint density at radius 3 is 2.67 bits per heavy atom. The Morgan fingerprint density at radius 1 is 1.24 bits per heavy atom. The molecule has 0 radical (unpaired) electrons. The Kier molecular flexibility index (Phi) is 5.12. The summed E-state index contributed by atoms with van der Waals surface area (Å²) < 4.78 is 14.0. The van der Waals surface area contributed by atoms with E-state index in [1.54, 1.807) is 11.0 Å². The molecule has 0 heterocycles. The molecule has 0 saturated heterocycles. The van der Waals surface area contributed by atoms with Crippen LogP contribution in [0.25, 0.3) is 0 Å². The fourth-order valence-corrected chi connectivity index (χ4v) is 2.57. The third-order valence-electron chi connectivity index (χ3n) is 3.28. The molecule has 2 aromatic carbocycles. The molecule has 0 saturated carbocycles. The van der Waals surface area contributed by atoms with Crippen LogP contribution in [0.2, 0.25) is 0 Å². The molecule has 0 aromatic heterocycles. The lowest BCUT2D eigenvalue weighted by Gasteiger charge is -2.22. The smallest absolute Gasteiger partial charge is 0.255 e. The first-order valence-electron chi connectivity index (χ1n) is 6.81. The van der Waals surface area contributed by atoms with Crippen molar-refractivity contribution in [1.82, 2.24) is 4.90 Å². The Hall–Kier alpha value is -1.68. The van der Waals surface area contributed by atoms with Crippen molar-refractivity contribution in [2.45, 2.75) is 20.4 Å². The number of aryl methyl sites for hydroxylation is 1. The van der Waals surface area contributed by atoms with E-state index >= 15 is 0 Å². The molecule has 2 aromatic rings. The fourth-order valence-electron chi connectivity index (χ4n) is 2.16. The van der Waals surface area contributed by atoms with Gasteiger partial charge in [-0.05, 0) is 59.6 Å². The van der Waals surface area contributed by atoms with Crippen molar-refractivity contribution < 1.29 is 9.18 Å². The second kappa shape index (κ2) is 6.85. The molecule has 0 aliphatic carbocycles. The summed E-state index contributed by atoms with van der Waals surface area (Å²) in [6, 6.07) is 12.0. The van der Waals surface area contributed by atoms with Crippen LogP contribution in [0.15, 0.2) is 46.9 Å². The zero-order valence-electron chi connectivity index (χ0n) is 12.1. The van der Waals surface area contributed by atoms with E-state index in [-0.39, 0.29) is 11.7 Å². The number of hydrogen-bond acceptors (Lipinski definition) is 1. The highest BCUT2D eigenvalue weighted by Crippen LogP contribution is 2.21. The average Bonchev–Trinajstić information content (AvgIpc) is 2.46. The molecule has 0 spiro atoms. The van der Waals surface area contributed by atoms with E-state index in [2.05, 4.69) is 15.9 Å². The number of halogens is 2. The topological polar surface area (TPSA) is 20.3 Å². The predicted octanol–water partition coefficient (Wildman–Crippen LogP) is 4.56. The highest BCUT2D eigenvalue weighted by Gasteiger charge is 2.17. The second-order valence-electron chi connectivity index (χ2n) is 4.93. The quantitative estimate of drug-likeness (QED) is 0.792. The second-order valence-corrected chi connectivity index (χ2v) is 5.79. The molecular formula is C17H17BrFNO. The van der Waals surface area contributed by atoms with Crippen molar-refractivity contribution in [1.29, 1.82) is 0 Å². The molecule has 4 heteroatoms. The number of amides is 1. The maximum atomic E-state index is 13.3. The van der Waals surface area contributed by atoms with E-state index in [4.69, 9.17) is 0 Å². The number of hydrogen-bond donors (Lipinski definition) is 0. The zero-order chi connectivity index (χ0) is 15.4. The van der Waals surface area contributed by atoms with Gasteiger partial charge in [0.2, 0.25) is 0 Å². The molecule has 21 heavy (non-hydrogen) atoms. The minimum Gasteiger partial charge on any atom is -0.335 e. The molecule has 0 bridgehead atoms. The third kappa shape index (κ3) is 3.91. The van der Waals surface area contributed by atoms with Gasteiger partial charge in [-0.3, -0.25) is 4.79 Å². The molecule has 1 amide bonds. The highest BCUT2D eigenvalue weighted by molar-refractivity contribution is 9.10. The van der Waals surface area contributed by atoms with E-state index in [0.29, 0.717) is 18.7 Å². The van der Waals surface area contributed by atoms with Gasteiger partial charge in [0.25, 0.3) is 5.91 Å². The summed E-state index contributed by atoms with van der Waals surface area (Å²) >= 11 is 3.42. The third-order valence-corrected chi connectivity index (χ3v) is 3.98. The van der Waals surface area contributed by atoms with E-state index < -0.39 is 0 Å². The van der Waals surface area contributed by atoms with E-state index in [0.717, 1.165) is 15.6 Å². The van der Waals surface area contributed by atoms with Crippen LogP contribution >= 0.6 is 15.9 Å². The Balaban J connectivity index is 2.24. The summed E-state index contributed by atoms with van der Waals surface area (Å²) in [5.41, 5.74) is 2.45. The van der Waals surface area contributed by atoms with Gasteiger partial charge in [0.15, 0.2) is 0 Å². The van der Waals surface area contributed by atoms with Gasteiger partial charge in [-0.1, -0.05) is 23.8 Å². The number of benzene rings is 2. The maximum Gasteiger partial charge on any atom is 0.255 e. The molecule has 2 nitrogen and oxygen atoms in total. The molecule has 110 valence electrons. The Morgan fingerprint density at radius 2 is 2.00 bits per heavy atom. The van der Waals surface area contributed by atoms with Gasteiger partial charge >= 0.3 is 0 Å². The summed E-state index contributed by atoms with van der Waals surface area (Å²) in [5.74, 6) is -0.343.